The third-order valence-electron chi connectivity index (χ3n) is 5.73. The molecule has 8 nitrogen and oxygen atoms in total. The van der Waals surface area contributed by atoms with Gasteiger partial charge in [-0.05, 0) is 51.8 Å². The number of rotatable bonds is 9. The zero-order chi connectivity index (χ0) is 23.2. The molecule has 33 heavy (non-hydrogen) atoms. The number of hydrogen-bond acceptors (Lipinski definition) is 7. The number of hydrogen-bond donors (Lipinski definition) is 0. The van der Waals surface area contributed by atoms with Crippen LogP contribution < -0.4 is 9.64 Å². The Hall–Kier alpha value is -3.15. The second kappa shape index (κ2) is 10.6. The molecular weight excluding hydrogens is 418 g/mol. The van der Waals surface area contributed by atoms with Gasteiger partial charge in [0.25, 0.3) is 0 Å². The molecule has 0 saturated carbocycles. The summed E-state index contributed by atoms with van der Waals surface area (Å²) in [4.78, 5) is 7.02. The zero-order valence-electron chi connectivity index (χ0n) is 19.5. The average molecular weight is 450 g/mol. The molecule has 0 N–H and O–H groups in total. The van der Waals surface area contributed by atoms with Crippen molar-refractivity contribution in [1.29, 1.82) is 5.26 Å². The van der Waals surface area contributed by atoms with Crippen LogP contribution in [0.25, 0.3) is 16.6 Å². The van der Waals surface area contributed by atoms with Crippen molar-refractivity contribution in [3.63, 3.8) is 0 Å². The van der Waals surface area contributed by atoms with E-state index in [1.54, 1.807) is 16.9 Å². The fourth-order valence-corrected chi connectivity index (χ4v) is 4.13. The number of pyridine rings is 2. The van der Waals surface area contributed by atoms with Crippen molar-refractivity contribution in [2.75, 3.05) is 37.8 Å². The normalized spacial score (nSPS) is 14.7. The Bertz CT molecular complexity index is 1100. The molecule has 174 valence electrons. The average Bonchev–Trinajstić information content (AvgIpc) is 3.25. The number of anilines is 1. The lowest BCUT2D eigenvalue weighted by molar-refractivity contribution is -0.0197. The molecule has 4 rings (SSSR count). The molecule has 0 aliphatic carbocycles. The Labute approximate surface area is 194 Å². The van der Waals surface area contributed by atoms with E-state index in [-0.39, 0.29) is 12.2 Å². The van der Waals surface area contributed by atoms with E-state index in [0.717, 1.165) is 48.4 Å². The molecule has 1 fully saturated rings. The summed E-state index contributed by atoms with van der Waals surface area (Å²) in [5.74, 6) is 1.66. The first-order valence-corrected chi connectivity index (χ1v) is 11.6. The number of nitriles is 1. The van der Waals surface area contributed by atoms with Crippen molar-refractivity contribution in [3.05, 3.63) is 42.4 Å². The van der Waals surface area contributed by atoms with E-state index < -0.39 is 0 Å². The molecule has 3 aromatic rings. The van der Waals surface area contributed by atoms with Gasteiger partial charge in [0.05, 0.1) is 55.5 Å². The van der Waals surface area contributed by atoms with Gasteiger partial charge >= 0.3 is 0 Å². The predicted octanol–water partition coefficient (Wildman–Crippen LogP) is 4.08. The Kier molecular flexibility index (Phi) is 7.43. The van der Waals surface area contributed by atoms with Gasteiger partial charge in [0.2, 0.25) is 0 Å². The Balaban J connectivity index is 1.45. The molecule has 0 atom stereocenters. The third kappa shape index (κ3) is 5.44. The zero-order valence-corrected chi connectivity index (χ0v) is 19.5. The molecule has 1 aliphatic heterocycles. The summed E-state index contributed by atoms with van der Waals surface area (Å²) in [6.45, 7) is 9.67. The van der Waals surface area contributed by atoms with Crippen molar-refractivity contribution in [1.82, 2.24) is 14.6 Å². The van der Waals surface area contributed by atoms with Crippen LogP contribution in [0.3, 0.4) is 0 Å². The number of nitrogens with zero attached hydrogens (tertiary/aromatic N) is 5. The molecule has 4 heterocycles. The highest BCUT2D eigenvalue weighted by Crippen LogP contribution is 2.31. The molecule has 0 spiro atoms. The van der Waals surface area contributed by atoms with Crippen LogP contribution in [0, 0.1) is 11.3 Å². The number of fused-ring (bicyclic) bond motifs is 1. The maximum absolute atomic E-state index is 9.52. The van der Waals surface area contributed by atoms with Crippen LogP contribution in [-0.4, -0.2) is 59.7 Å². The summed E-state index contributed by atoms with van der Waals surface area (Å²) in [5.41, 5.74) is 3.09. The van der Waals surface area contributed by atoms with E-state index in [0.29, 0.717) is 31.1 Å². The number of ether oxygens (including phenoxy) is 3. The van der Waals surface area contributed by atoms with Gasteiger partial charge in [-0.2, -0.15) is 10.4 Å². The van der Waals surface area contributed by atoms with Gasteiger partial charge in [0.1, 0.15) is 17.6 Å². The summed E-state index contributed by atoms with van der Waals surface area (Å²) < 4.78 is 18.9. The highest BCUT2D eigenvalue weighted by Gasteiger charge is 2.21. The van der Waals surface area contributed by atoms with E-state index in [4.69, 9.17) is 19.2 Å². The molecule has 0 unspecified atom stereocenters. The van der Waals surface area contributed by atoms with Crippen molar-refractivity contribution in [2.24, 2.45) is 0 Å². The largest absolute Gasteiger partial charge is 0.492 e. The van der Waals surface area contributed by atoms with Crippen LogP contribution in [0.2, 0.25) is 0 Å². The summed E-state index contributed by atoms with van der Waals surface area (Å²) in [5, 5.41) is 13.8. The van der Waals surface area contributed by atoms with Crippen LogP contribution in [-0.2, 0) is 9.47 Å². The lowest BCUT2D eigenvalue weighted by Gasteiger charge is -2.32. The maximum Gasteiger partial charge on any atom is 0.138 e. The monoisotopic (exact) mass is 449 g/mol. The highest BCUT2D eigenvalue weighted by atomic mass is 16.5. The van der Waals surface area contributed by atoms with Crippen LogP contribution in [0.15, 0.2) is 36.8 Å². The Morgan fingerprint density at radius 3 is 2.67 bits per heavy atom. The molecule has 8 heteroatoms. The van der Waals surface area contributed by atoms with E-state index >= 15 is 0 Å². The van der Waals surface area contributed by atoms with Crippen molar-refractivity contribution < 1.29 is 14.2 Å². The quantitative estimate of drug-likeness (QED) is 0.455. The molecule has 0 amide bonds. The molecule has 0 radical (unpaired) electrons. The Morgan fingerprint density at radius 2 is 2.00 bits per heavy atom. The molecule has 1 aliphatic rings. The minimum absolute atomic E-state index is 0.239. The lowest BCUT2D eigenvalue weighted by atomic mass is 10.0. The van der Waals surface area contributed by atoms with Gasteiger partial charge in [0, 0.05) is 30.4 Å². The summed E-state index contributed by atoms with van der Waals surface area (Å²) >= 11 is 0. The van der Waals surface area contributed by atoms with Gasteiger partial charge < -0.3 is 19.1 Å². The van der Waals surface area contributed by atoms with E-state index in [1.165, 1.54) is 0 Å². The minimum Gasteiger partial charge on any atom is -0.492 e. The molecule has 3 aromatic heterocycles. The topological polar surface area (TPSA) is 84.9 Å². The van der Waals surface area contributed by atoms with Crippen LogP contribution >= 0.6 is 0 Å². The van der Waals surface area contributed by atoms with E-state index in [9.17, 15) is 5.26 Å². The number of aromatic nitrogens is 3. The van der Waals surface area contributed by atoms with Crippen LogP contribution in [0.5, 0.6) is 5.75 Å². The smallest absolute Gasteiger partial charge is 0.138 e. The minimum atomic E-state index is 0.239. The molecule has 0 aromatic carbocycles. The fraction of sp³-hybridized carbons (Fsp3) is 0.480. The summed E-state index contributed by atoms with van der Waals surface area (Å²) in [7, 11) is 0. The maximum atomic E-state index is 9.52. The van der Waals surface area contributed by atoms with Crippen molar-refractivity contribution in [3.8, 4) is 22.9 Å². The number of piperidine rings is 1. The predicted molar refractivity (Wildman–Crippen MR) is 127 cm³/mol. The van der Waals surface area contributed by atoms with E-state index in [1.807, 2.05) is 45.2 Å². The van der Waals surface area contributed by atoms with Gasteiger partial charge in [-0.1, -0.05) is 0 Å². The summed E-state index contributed by atoms with van der Waals surface area (Å²) in [6.07, 6.45) is 7.71. The first-order chi connectivity index (χ1) is 16.1. The van der Waals surface area contributed by atoms with Gasteiger partial charge in [-0.3, -0.25) is 0 Å². The third-order valence-corrected chi connectivity index (χ3v) is 5.73. The van der Waals surface area contributed by atoms with Gasteiger partial charge in [-0.15, -0.1) is 0 Å². The highest BCUT2D eigenvalue weighted by molar-refractivity contribution is 5.85. The first kappa shape index (κ1) is 23.0. The van der Waals surface area contributed by atoms with Crippen molar-refractivity contribution >= 4 is 11.3 Å². The van der Waals surface area contributed by atoms with Crippen LogP contribution in [0.1, 0.15) is 39.2 Å². The lowest BCUT2D eigenvalue weighted by Crippen LogP contribution is -2.37. The van der Waals surface area contributed by atoms with Gasteiger partial charge in [-0.25, -0.2) is 9.50 Å². The second-order valence-electron chi connectivity index (χ2n) is 8.37. The van der Waals surface area contributed by atoms with Crippen LogP contribution in [0.4, 0.5) is 5.82 Å². The first-order valence-electron chi connectivity index (χ1n) is 11.6. The molecule has 1 saturated heterocycles. The fourth-order valence-electron chi connectivity index (χ4n) is 4.13. The van der Waals surface area contributed by atoms with Crippen molar-refractivity contribution in [2.45, 2.75) is 45.8 Å². The Morgan fingerprint density at radius 1 is 1.18 bits per heavy atom. The second-order valence-corrected chi connectivity index (χ2v) is 8.37. The van der Waals surface area contributed by atoms with Gasteiger partial charge in [0.15, 0.2) is 0 Å². The SMILES string of the molecule is CCOc1cc(-c2ccc(N3CCC(OCCOC(C)C)CC3)nc2)c2c(C#N)cnn2c1. The summed E-state index contributed by atoms with van der Waals surface area (Å²) in [6, 6.07) is 8.27. The molecular formula is C25H31N5O3. The van der Waals surface area contributed by atoms with E-state index in [2.05, 4.69) is 16.1 Å². The standard InChI is InChI=1S/C25H31N5O3/c1-4-31-22-13-23(25-20(14-26)16-28-30(25)17-22)19-5-6-24(27-15-19)29-9-7-21(8-10-29)33-12-11-32-18(2)3/h5-6,13,15-18,21H,4,7-12H2,1-3H3. The molecule has 0 bridgehead atoms.